The van der Waals surface area contributed by atoms with Crippen molar-refractivity contribution in [1.82, 2.24) is 20.1 Å². The summed E-state index contributed by atoms with van der Waals surface area (Å²) in [4.78, 5) is 14.2. The van der Waals surface area contributed by atoms with Crippen molar-refractivity contribution in [3.63, 3.8) is 0 Å². The molecule has 0 radical (unpaired) electrons. The molecule has 2 aromatic heterocycles. The van der Waals surface area contributed by atoms with Crippen LogP contribution in [0.15, 0.2) is 47.4 Å². The van der Waals surface area contributed by atoms with Crippen LogP contribution < -0.4 is 15.8 Å². The Balaban J connectivity index is 1.39. The van der Waals surface area contributed by atoms with Gasteiger partial charge >= 0.3 is 0 Å². The molecule has 2 saturated heterocycles. The van der Waals surface area contributed by atoms with Crippen molar-refractivity contribution in [3.8, 4) is 22.4 Å². The predicted octanol–water partition coefficient (Wildman–Crippen LogP) is 4.85. The monoisotopic (exact) mass is 479 g/mol. The SMILES string of the molecule is Cc1cc(-c2ccn(CF)c(=O)c2)c(F)cc1-c1ccc(N(C)C2C[C@]3(C)CC[C@](C)(C2)N3)nn1. The van der Waals surface area contributed by atoms with Gasteiger partial charge in [0.15, 0.2) is 12.6 Å². The number of nitrogens with one attached hydrogen (secondary N) is 1. The molecule has 5 rings (SSSR count). The molecular weight excluding hydrogens is 448 g/mol. The van der Waals surface area contributed by atoms with Crippen molar-refractivity contribution in [2.24, 2.45) is 0 Å². The molecule has 184 valence electrons. The van der Waals surface area contributed by atoms with Crippen molar-refractivity contribution >= 4 is 5.82 Å². The van der Waals surface area contributed by atoms with Gasteiger partial charge in [0.2, 0.25) is 0 Å². The fourth-order valence-corrected chi connectivity index (χ4v) is 5.89. The lowest BCUT2D eigenvalue weighted by atomic mass is 9.84. The quantitative estimate of drug-likeness (QED) is 0.567. The van der Waals surface area contributed by atoms with E-state index in [4.69, 9.17) is 0 Å². The molecule has 0 saturated carbocycles. The van der Waals surface area contributed by atoms with E-state index in [1.165, 1.54) is 37.2 Å². The summed E-state index contributed by atoms with van der Waals surface area (Å²) in [5.41, 5.74) is 2.55. The first-order valence-corrected chi connectivity index (χ1v) is 12.0. The molecule has 1 unspecified atom stereocenters. The van der Waals surface area contributed by atoms with Crippen molar-refractivity contribution in [2.75, 3.05) is 11.9 Å². The molecule has 0 amide bonds. The molecule has 8 heteroatoms. The Kier molecular flexibility index (Phi) is 5.74. The second-order valence-electron chi connectivity index (χ2n) is 10.7. The second kappa shape index (κ2) is 8.52. The Hall–Kier alpha value is -3.13. The molecule has 2 aliphatic heterocycles. The number of piperidine rings is 1. The molecule has 4 heterocycles. The number of hydrogen-bond donors (Lipinski definition) is 1. The first kappa shape index (κ1) is 23.6. The van der Waals surface area contributed by atoms with Crippen LogP contribution in [-0.4, -0.2) is 38.9 Å². The Labute approximate surface area is 204 Å². The largest absolute Gasteiger partial charge is 0.355 e. The third-order valence-corrected chi connectivity index (χ3v) is 7.79. The molecule has 2 aliphatic rings. The van der Waals surface area contributed by atoms with Gasteiger partial charge in [-0.05, 0) is 87.9 Å². The van der Waals surface area contributed by atoms with Gasteiger partial charge in [-0.1, -0.05) is 0 Å². The number of benzene rings is 1. The standard InChI is InChI=1S/C27H31F2N5O/c1-17-11-21(18-7-10-34(16-28)25(35)12-18)22(29)13-20(17)23-5-6-24(31-30-23)33(4)19-14-26(2)8-9-27(3,15-19)32-26/h5-7,10-13,19,32H,8-9,14-16H2,1-4H3/t19?,26-,27+. The van der Waals surface area contributed by atoms with Gasteiger partial charge in [0.05, 0.1) is 5.69 Å². The van der Waals surface area contributed by atoms with Gasteiger partial charge in [-0.15, -0.1) is 10.2 Å². The molecule has 2 bridgehead atoms. The maximum atomic E-state index is 15.1. The highest BCUT2D eigenvalue weighted by Crippen LogP contribution is 2.43. The maximum absolute atomic E-state index is 15.1. The summed E-state index contributed by atoms with van der Waals surface area (Å²) in [6.45, 7) is 5.56. The number of nitrogens with zero attached hydrogens (tertiary/aromatic N) is 4. The van der Waals surface area contributed by atoms with Crippen LogP contribution in [0, 0.1) is 12.7 Å². The van der Waals surface area contributed by atoms with Crippen LogP contribution in [0.4, 0.5) is 14.6 Å². The number of hydrogen-bond acceptors (Lipinski definition) is 5. The Morgan fingerprint density at radius 1 is 1.09 bits per heavy atom. The van der Waals surface area contributed by atoms with E-state index in [9.17, 15) is 9.18 Å². The Bertz CT molecular complexity index is 1310. The van der Waals surface area contributed by atoms with E-state index in [0.29, 0.717) is 28.4 Å². The molecule has 0 spiro atoms. The number of halogens is 2. The number of aryl methyl sites for hydroxylation is 1. The highest BCUT2D eigenvalue weighted by atomic mass is 19.1. The van der Waals surface area contributed by atoms with E-state index < -0.39 is 18.2 Å². The first-order chi connectivity index (χ1) is 16.6. The Morgan fingerprint density at radius 3 is 2.40 bits per heavy atom. The van der Waals surface area contributed by atoms with Crippen LogP contribution in [-0.2, 0) is 6.80 Å². The normalized spacial score (nSPS) is 25.6. The minimum atomic E-state index is -0.917. The van der Waals surface area contributed by atoms with E-state index in [2.05, 4.69) is 41.3 Å². The fourth-order valence-electron chi connectivity index (χ4n) is 5.89. The van der Waals surface area contributed by atoms with Gasteiger partial charge in [0.1, 0.15) is 5.82 Å². The lowest BCUT2D eigenvalue weighted by Gasteiger charge is -2.45. The highest BCUT2D eigenvalue weighted by molar-refractivity contribution is 5.72. The lowest BCUT2D eigenvalue weighted by Crippen LogP contribution is -2.58. The summed E-state index contributed by atoms with van der Waals surface area (Å²) >= 11 is 0. The number of alkyl halides is 1. The summed E-state index contributed by atoms with van der Waals surface area (Å²) in [5.74, 6) is 0.327. The molecule has 3 aromatic rings. The van der Waals surface area contributed by atoms with E-state index in [1.54, 1.807) is 6.07 Å². The van der Waals surface area contributed by atoms with E-state index in [0.717, 1.165) is 28.8 Å². The lowest BCUT2D eigenvalue weighted by molar-refractivity contribution is 0.207. The van der Waals surface area contributed by atoms with Gasteiger partial charge in [0.25, 0.3) is 5.56 Å². The third kappa shape index (κ3) is 4.35. The summed E-state index contributed by atoms with van der Waals surface area (Å²) in [7, 11) is 2.07. The first-order valence-electron chi connectivity index (χ1n) is 12.0. The molecular formula is C27H31F2N5O. The average Bonchev–Trinajstić information content (AvgIpc) is 3.06. The molecule has 3 atom stereocenters. The molecule has 6 nitrogen and oxygen atoms in total. The fraction of sp³-hybridized carbons (Fsp3) is 0.444. The highest BCUT2D eigenvalue weighted by Gasteiger charge is 2.49. The van der Waals surface area contributed by atoms with Gasteiger partial charge in [-0.2, -0.15) is 0 Å². The minimum Gasteiger partial charge on any atom is -0.355 e. The number of aromatic nitrogens is 3. The van der Waals surface area contributed by atoms with Crippen LogP contribution in [0.1, 0.15) is 45.1 Å². The maximum Gasteiger partial charge on any atom is 0.253 e. The third-order valence-electron chi connectivity index (χ3n) is 7.79. The number of fused-ring (bicyclic) bond motifs is 2. The second-order valence-corrected chi connectivity index (χ2v) is 10.7. The topological polar surface area (TPSA) is 63.1 Å². The number of anilines is 1. The van der Waals surface area contributed by atoms with E-state index in [1.807, 2.05) is 19.1 Å². The smallest absolute Gasteiger partial charge is 0.253 e. The molecule has 2 fully saturated rings. The van der Waals surface area contributed by atoms with Crippen molar-refractivity contribution in [3.05, 3.63) is 64.3 Å². The van der Waals surface area contributed by atoms with Crippen LogP contribution >= 0.6 is 0 Å². The van der Waals surface area contributed by atoms with Crippen molar-refractivity contribution in [2.45, 2.75) is 70.4 Å². The molecule has 1 aromatic carbocycles. The number of rotatable bonds is 5. The van der Waals surface area contributed by atoms with E-state index >= 15 is 4.39 Å². The van der Waals surface area contributed by atoms with Crippen molar-refractivity contribution in [1.29, 1.82) is 0 Å². The van der Waals surface area contributed by atoms with Gasteiger partial charge in [-0.3, -0.25) is 9.36 Å². The molecule has 1 N–H and O–H groups in total. The Morgan fingerprint density at radius 2 is 1.80 bits per heavy atom. The van der Waals surface area contributed by atoms with Gasteiger partial charge in [-0.25, -0.2) is 8.78 Å². The molecule has 0 aliphatic carbocycles. The van der Waals surface area contributed by atoms with Crippen molar-refractivity contribution < 1.29 is 8.78 Å². The van der Waals surface area contributed by atoms with Crippen LogP contribution in [0.3, 0.4) is 0 Å². The average molecular weight is 480 g/mol. The van der Waals surface area contributed by atoms with Gasteiger partial charge < -0.3 is 10.2 Å². The zero-order valence-electron chi connectivity index (χ0n) is 20.6. The van der Waals surface area contributed by atoms with Gasteiger partial charge in [0, 0.05) is 47.6 Å². The van der Waals surface area contributed by atoms with Crippen LogP contribution in [0.25, 0.3) is 22.4 Å². The van der Waals surface area contributed by atoms with E-state index in [-0.39, 0.29) is 11.1 Å². The predicted molar refractivity (Wildman–Crippen MR) is 134 cm³/mol. The minimum absolute atomic E-state index is 0.160. The summed E-state index contributed by atoms with van der Waals surface area (Å²) < 4.78 is 28.8. The summed E-state index contributed by atoms with van der Waals surface area (Å²) in [5, 5.41) is 12.7. The number of pyridine rings is 1. The summed E-state index contributed by atoms with van der Waals surface area (Å²) in [6, 6.07) is 10.1. The van der Waals surface area contributed by atoms with Crippen LogP contribution in [0.5, 0.6) is 0 Å². The zero-order valence-corrected chi connectivity index (χ0v) is 20.6. The molecule has 35 heavy (non-hydrogen) atoms. The summed E-state index contributed by atoms with van der Waals surface area (Å²) in [6.07, 6.45) is 5.83. The van der Waals surface area contributed by atoms with Crippen LogP contribution in [0.2, 0.25) is 0 Å². The zero-order chi connectivity index (χ0) is 25.0.